The number of nitrogens with zero attached hydrogens (tertiary/aromatic N) is 2. The lowest BCUT2D eigenvalue weighted by atomic mass is 10.1. The van der Waals surface area contributed by atoms with E-state index in [4.69, 9.17) is 9.15 Å². The molecule has 5 aromatic rings. The fourth-order valence-corrected chi connectivity index (χ4v) is 4.88. The molecule has 0 aliphatic rings. The Balaban J connectivity index is 1.41. The van der Waals surface area contributed by atoms with Crippen molar-refractivity contribution in [2.75, 3.05) is 32.1 Å². The molecular formula is C34H33N3O5. The normalized spacial score (nSPS) is 11.0. The predicted molar refractivity (Wildman–Crippen MR) is 164 cm³/mol. The molecule has 1 heterocycles. The molecule has 0 aliphatic heterocycles. The average Bonchev–Trinajstić information content (AvgIpc) is 3.01. The zero-order chi connectivity index (χ0) is 29.5. The molecule has 1 aromatic heterocycles. The van der Waals surface area contributed by atoms with Crippen LogP contribution in [0.1, 0.15) is 16.7 Å². The number of urea groups is 1. The lowest BCUT2D eigenvalue weighted by molar-refractivity contribution is -0.133. The van der Waals surface area contributed by atoms with Crippen molar-refractivity contribution in [3.8, 4) is 0 Å². The van der Waals surface area contributed by atoms with Crippen LogP contribution in [0, 0.1) is 6.92 Å². The van der Waals surface area contributed by atoms with E-state index in [1.807, 2.05) is 85.8 Å². The van der Waals surface area contributed by atoms with Crippen LogP contribution in [-0.2, 0) is 22.6 Å². The maximum Gasteiger partial charge on any atom is 0.322 e. The van der Waals surface area contributed by atoms with Crippen LogP contribution < -0.4 is 10.7 Å². The number of hydrogen-bond acceptors (Lipinski definition) is 5. The van der Waals surface area contributed by atoms with Crippen LogP contribution in [0.2, 0.25) is 0 Å². The minimum atomic E-state index is -0.419. The molecule has 0 saturated carbocycles. The third kappa shape index (κ3) is 6.67. The van der Waals surface area contributed by atoms with Gasteiger partial charge in [0.15, 0.2) is 5.43 Å². The molecule has 0 unspecified atom stereocenters. The summed E-state index contributed by atoms with van der Waals surface area (Å²) in [6.07, 6.45) is 1.42. The Labute approximate surface area is 244 Å². The second-order valence-corrected chi connectivity index (χ2v) is 10.2. The van der Waals surface area contributed by atoms with Crippen LogP contribution in [0.3, 0.4) is 0 Å². The number of amides is 3. The van der Waals surface area contributed by atoms with Crippen LogP contribution in [0.4, 0.5) is 10.5 Å². The molecule has 0 radical (unpaired) electrons. The van der Waals surface area contributed by atoms with Gasteiger partial charge < -0.3 is 24.3 Å². The number of benzene rings is 4. The number of hydrogen-bond donors (Lipinski definition) is 1. The first-order valence-electron chi connectivity index (χ1n) is 13.8. The molecule has 8 heteroatoms. The highest BCUT2D eigenvalue weighted by molar-refractivity contribution is 6.02. The van der Waals surface area contributed by atoms with Gasteiger partial charge >= 0.3 is 6.03 Å². The van der Waals surface area contributed by atoms with Gasteiger partial charge in [0.2, 0.25) is 5.91 Å². The fraction of sp³-hybridized carbons (Fsp3) is 0.206. The number of carbonyl (C=O) groups is 2. The molecule has 5 rings (SSSR count). The number of anilines is 1. The predicted octanol–water partition coefficient (Wildman–Crippen LogP) is 5.96. The summed E-state index contributed by atoms with van der Waals surface area (Å²) in [6, 6.07) is 28.0. The third-order valence-corrected chi connectivity index (χ3v) is 7.14. The zero-order valence-electron chi connectivity index (χ0n) is 23.7. The summed E-state index contributed by atoms with van der Waals surface area (Å²) < 4.78 is 11.0. The maximum absolute atomic E-state index is 13.9. The van der Waals surface area contributed by atoms with Crippen molar-refractivity contribution in [2.24, 2.45) is 0 Å². The van der Waals surface area contributed by atoms with Crippen LogP contribution in [0.15, 0.2) is 106 Å². The smallest absolute Gasteiger partial charge is 0.322 e. The molecule has 8 nitrogen and oxygen atoms in total. The van der Waals surface area contributed by atoms with Crippen molar-refractivity contribution < 1.29 is 18.7 Å². The van der Waals surface area contributed by atoms with E-state index in [-0.39, 0.29) is 44.1 Å². The summed E-state index contributed by atoms with van der Waals surface area (Å²) in [5.74, 6) is -0.313. The van der Waals surface area contributed by atoms with E-state index in [0.717, 1.165) is 21.9 Å². The van der Waals surface area contributed by atoms with Crippen LogP contribution in [-0.4, -0.2) is 48.5 Å². The van der Waals surface area contributed by atoms with Gasteiger partial charge in [-0.05, 0) is 36.1 Å². The Morgan fingerprint density at radius 1 is 0.857 bits per heavy atom. The molecule has 0 fully saturated rings. The second kappa shape index (κ2) is 13.1. The van der Waals surface area contributed by atoms with Crippen molar-refractivity contribution in [1.29, 1.82) is 0 Å². The van der Waals surface area contributed by atoms with Crippen LogP contribution in [0.25, 0.3) is 21.7 Å². The molecule has 0 saturated heterocycles. The van der Waals surface area contributed by atoms with Gasteiger partial charge in [0.25, 0.3) is 0 Å². The van der Waals surface area contributed by atoms with Gasteiger partial charge in [-0.1, -0.05) is 78.4 Å². The molecule has 0 spiro atoms. The highest BCUT2D eigenvalue weighted by atomic mass is 16.5. The summed E-state index contributed by atoms with van der Waals surface area (Å²) in [5.41, 5.74) is 3.16. The van der Waals surface area contributed by atoms with Gasteiger partial charge in [-0.2, -0.15) is 0 Å². The number of methoxy groups -OCH3 is 1. The first-order chi connectivity index (χ1) is 20.4. The molecule has 214 valence electrons. The fourth-order valence-electron chi connectivity index (χ4n) is 4.88. The molecule has 42 heavy (non-hydrogen) atoms. The van der Waals surface area contributed by atoms with Crippen molar-refractivity contribution in [2.45, 2.75) is 20.0 Å². The Morgan fingerprint density at radius 2 is 1.62 bits per heavy atom. The quantitative estimate of drug-likeness (QED) is 0.226. The number of nitrogens with one attached hydrogen (secondary N) is 1. The Kier molecular flexibility index (Phi) is 8.94. The number of rotatable bonds is 10. The Hall–Kier alpha value is -4.95. The lowest BCUT2D eigenvalue weighted by Crippen LogP contribution is -2.45. The minimum absolute atomic E-state index is 0.0308. The van der Waals surface area contributed by atoms with Crippen molar-refractivity contribution >= 4 is 39.4 Å². The van der Waals surface area contributed by atoms with Crippen molar-refractivity contribution in [3.05, 3.63) is 124 Å². The minimum Gasteiger partial charge on any atom is -0.464 e. The van der Waals surface area contributed by atoms with E-state index in [2.05, 4.69) is 5.32 Å². The average molecular weight is 564 g/mol. The topological polar surface area (TPSA) is 92.1 Å². The monoisotopic (exact) mass is 563 g/mol. The van der Waals surface area contributed by atoms with Gasteiger partial charge in [0, 0.05) is 25.6 Å². The van der Waals surface area contributed by atoms with Gasteiger partial charge in [-0.15, -0.1) is 0 Å². The van der Waals surface area contributed by atoms with Gasteiger partial charge in [-0.25, -0.2) is 4.79 Å². The molecule has 4 aromatic carbocycles. The summed E-state index contributed by atoms with van der Waals surface area (Å²) in [7, 11) is 1.55. The summed E-state index contributed by atoms with van der Waals surface area (Å²) in [6.45, 7) is 2.45. The van der Waals surface area contributed by atoms with Gasteiger partial charge in [-0.3, -0.25) is 9.59 Å². The SMILES string of the molecule is COCCN(CC(=O)N(Cc1ccccc1)Cc1coc2ccc(C)cc2c1=O)C(=O)Nc1cccc2ccccc12. The van der Waals surface area contributed by atoms with E-state index in [1.54, 1.807) is 24.1 Å². The zero-order valence-corrected chi connectivity index (χ0v) is 23.7. The first-order valence-corrected chi connectivity index (χ1v) is 13.8. The molecule has 0 bridgehead atoms. The van der Waals surface area contributed by atoms with E-state index in [0.29, 0.717) is 22.2 Å². The van der Waals surface area contributed by atoms with Crippen molar-refractivity contribution in [1.82, 2.24) is 9.80 Å². The molecule has 0 aliphatic carbocycles. The first kappa shape index (κ1) is 28.6. The van der Waals surface area contributed by atoms with E-state index in [9.17, 15) is 14.4 Å². The Bertz CT molecular complexity index is 1760. The summed E-state index contributed by atoms with van der Waals surface area (Å²) in [5, 5.41) is 5.33. The lowest BCUT2D eigenvalue weighted by Gasteiger charge is -2.28. The van der Waals surface area contributed by atoms with Crippen molar-refractivity contribution in [3.63, 3.8) is 0 Å². The van der Waals surface area contributed by atoms with E-state index < -0.39 is 6.03 Å². The highest BCUT2D eigenvalue weighted by Gasteiger charge is 2.23. The number of carbonyl (C=O) groups excluding carboxylic acids is 2. The second-order valence-electron chi connectivity index (χ2n) is 10.2. The molecular weight excluding hydrogens is 530 g/mol. The van der Waals surface area contributed by atoms with E-state index in [1.165, 1.54) is 11.2 Å². The number of fused-ring (bicyclic) bond motifs is 2. The molecule has 1 N–H and O–H groups in total. The number of aryl methyl sites for hydroxylation is 1. The highest BCUT2D eigenvalue weighted by Crippen LogP contribution is 2.23. The summed E-state index contributed by atoms with van der Waals surface area (Å²) in [4.78, 5) is 43.7. The Morgan fingerprint density at radius 3 is 2.43 bits per heavy atom. The summed E-state index contributed by atoms with van der Waals surface area (Å²) >= 11 is 0. The molecule has 0 atom stereocenters. The third-order valence-electron chi connectivity index (χ3n) is 7.14. The maximum atomic E-state index is 13.9. The standard InChI is InChI=1S/C34H33N3O5/c1-24-15-16-31-29(19-24)33(39)27(23-42-31)21-37(20-25-9-4-3-5-10-25)32(38)22-36(17-18-41-2)34(40)35-30-14-8-12-26-11-6-7-13-28(26)30/h3-16,19,23H,17-18,20-22H2,1-2H3,(H,35,40). The van der Waals surface area contributed by atoms with Crippen LogP contribution in [0.5, 0.6) is 0 Å². The van der Waals surface area contributed by atoms with Gasteiger partial charge in [0.05, 0.1) is 36.1 Å². The van der Waals surface area contributed by atoms with Gasteiger partial charge in [0.1, 0.15) is 12.1 Å². The molecule has 3 amide bonds. The number of ether oxygens (including phenoxy) is 1. The van der Waals surface area contributed by atoms with Crippen LogP contribution >= 0.6 is 0 Å². The van der Waals surface area contributed by atoms with E-state index >= 15 is 0 Å². The largest absolute Gasteiger partial charge is 0.464 e.